The third kappa shape index (κ3) is 3.96. The van der Waals surface area contributed by atoms with Crippen LogP contribution in [0.3, 0.4) is 0 Å². The van der Waals surface area contributed by atoms with Crippen LogP contribution in [0.25, 0.3) is 5.65 Å². The lowest BCUT2D eigenvalue weighted by Gasteiger charge is -2.21. The predicted molar refractivity (Wildman–Crippen MR) is 97.5 cm³/mol. The second-order valence-corrected chi connectivity index (χ2v) is 5.79. The van der Waals surface area contributed by atoms with Crippen molar-refractivity contribution in [1.82, 2.24) is 9.38 Å². The van der Waals surface area contributed by atoms with Crippen molar-refractivity contribution >= 4 is 22.9 Å². The van der Waals surface area contributed by atoms with Crippen LogP contribution in [0.1, 0.15) is 19.5 Å². The van der Waals surface area contributed by atoms with Gasteiger partial charge >= 0.3 is 0 Å². The molecule has 0 aliphatic heterocycles. The maximum Gasteiger partial charge on any atom is 0.230 e. The van der Waals surface area contributed by atoms with Crippen LogP contribution in [-0.2, 0) is 11.2 Å². The van der Waals surface area contributed by atoms with Crippen molar-refractivity contribution in [2.45, 2.75) is 20.3 Å². The van der Waals surface area contributed by atoms with Gasteiger partial charge in [-0.05, 0) is 50.2 Å². The summed E-state index contributed by atoms with van der Waals surface area (Å²) in [5, 5.41) is 2.87. The zero-order valence-corrected chi connectivity index (χ0v) is 14.4. The third-order valence-electron chi connectivity index (χ3n) is 4.09. The Labute approximate surface area is 146 Å². The Balaban J connectivity index is 1.65. The lowest BCUT2D eigenvalue weighted by molar-refractivity contribution is -0.115. The molecule has 5 nitrogen and oxygen atoms in total. The first-order valence-corrected chi connectivity index (χ1v) is 8.37. The summed E-state index contributed by atoms with van der Waals surface area (Å²) in [5.41, 5.74) is 3.09. The molecule has 2 heterocycles. The number of aromatic nitrogens is 2. The van der Waals surface area contributed by atoms with Crippen LogP contribution in [0.5, 0.6) is 0 Å². The summed E-state index contributed by atoms with van der Waals surface area (Å²) >= 11 is 0. The van der Waals surface area contributed by atoms with Gasteiger partial charge in [0.15, 0.2) is 0 Å². The van der Waals surface area contributed by atoms with Crippen molar-refractivity contribution in [3.8, 4) is 0 Å². The molecule has 0 aliphatic rings. The number of hydrogen-bond acceptors (Lipinski definition) is 3. The first-order chi connectivity index (χ1) is 12.1. The molecule has 0 aliphatic carbocycles. The average molecular weight is 340 g/mol. The maximum atomic E-state index is 13.2. The van der Waals surface area contributed by atoms with E-state index in [4.69, 9.17) is 0 Å². The van der Waals surface area contributed by atoms with Crippen molar-refractivity contribution in [1.29, 1.82) is 0 Å². The number of rotatable bonds is 6. The SMILES string of the molecule is CCN(CC)c1ccc(NC(=O)Cc2cn3cc(F)ccc3n2)cc1. The van der Waals surface area contributed by atoms with E-state index in [-0.39, 0.29) is 18.1 Å². The van der Waals surface area contributed by atoms with E-state index < -0.39 is 0 Å². The van der Waals surface area contributed by atoms with Gasteiger partial charge in [0, 0.05) is 36.9 Å². The number of nitrogens with zero attached hydrogens (tertiary/aromatic N) is 3. The number of benzene rings is 1. The molecule has 6 heteroatoms. The molecule has 130 valence electrons. The highest BCUT2D eigenvalue weighted by atomic mass is 19.1. The molecular formula is C19H21FN4O. The zero-order chi connectivity index (χ0) is 17.8. The minimum Gasteiger partial charge on any atom is -0.372 e. The van der Waals surface area contributed by atoms with E-state index >= 15 is 0 Å². The fourth-order valence-electron chi connectivity index (χ4n) is 2.82. The van der Waals surface area contributed by atoms with E-state index in [1.54, 1.807) is 16.7 Å². The number of halogens is 1. The fraction of sp³-hybridized carbons (Fsp3) is 0.263. The van der Waals surface area contributed by atoms with Gasteiger partial charge < -0.3 is 14.6 Å². The van der Waals surface area contributed by atoms with Crippen LogP contribution in [-0.4, -0.2) is 28.4 Å². The highest BCUT2D eigenvalue weighted by Crippen LogP contribution is 2.18. The van der Waals surface area contributed by atoms with E-state index in [1.807, 2.05) is 24.3 Å². The topological polar surface area (TPSA) is 49.6 Å². The number of anilines is 2. The molecule has 0 radical (unpaired) electrons. The largest absolute Gasteiger partial charge is 0.372 e. The maximum absolute atomic E-state index is 13.2. The van der Waals surface area contributed by atoms with Gasteiger partial charge in [-0.1, -0.05) is 0 Å². The van der Waals surface area contributed by atoms with E-state index in [2.05, 4.69) is 29.0 Å². The standard InChI is InChI=1S/C19H21FN4O/c1-3-23(4-2)17-8-6-15(7-9-17)22-19(25)11-16-13-24-12-14(20)5-10-18(24)21-16/h5-10,12-13H,3-4,11H2,1-2H3,(H,22,25). The molecule has 3 aromatic rings. The number of nitrogens with one attached hydrogen (secondary N) is 1. The quantitative estimate of drug-likeness (QED) is 0.747. The summed E-state index contributed by atoms with van der Waals surface area (Å²) in [4.78, 5) is 18.8. The second-order valence-electron chi connectivity index (χ2n) is 5.79. The number of hydrogen-bond donors (Lipinski definition) is 1. The molecule has 0 saturated heterocycles. The first-order valence-electron chi connectivity index (χ1n) is 8.37. The molecule has 0 saturated carbocycles. The molecule has 25 heavy (non-hydrogen) atoms. The van der Waals surface area contributed by atoms with Crippen molar-refractivity contribution in [2.24, 2.45) is 0 Å². The molecular weight excluding hydrogens is 319 g/mol. The number of fused-ring (bicyclic) bond motifs is 1. The lowest BCUT2D eigenvalue weighted by Crippen LogP contribution is -2.21. The predicted octanol–water partition coefficient (Wildman–Crippen LogP) is 3.50. The molecule has 0 spiro atoms. The summed E-state index contributed by atoms with van der Waals surface area (Å²) in [6, 6.07) is 10.7. The molecule has 0 bridgehead atoms. The average Bonchev–Trinajstić information content (AvgIpc) is 2.98. The molecule has 3 rings (SSSR count). The molecule has 0 unspecified atom stereocenters. The van der Waals surface area contributed by atoms with Gasteiger partial charge in [0.25, 0.3) is 0 Å². The monoisotopic (exact) mass is 340 g/mol. The van der Waals surface area contributed by atoms with Crippen LogP contribution >= 0.6 is 0 Å². The van der Waals surface area contributed by atoms with Crippen LogP contribution in [0.4, 0.5) is 15.8 Å². The molecule has 1 N–H and O–H groups in total. The van der Waals surface area contributed by atoms with Gasteiger partial charge in [-0.3, -0.25) is 4.79 Å². The Hall–Kier alpha value is -2.89. The summed E-state index contributed by atoms with van der Waals surface area (Å²) in [6.07, 6.45) is 3.15. The van der Waals surface area contributed by atoms with Gasteiger partial charge in [-0.25, -0.2) is 9.37 Å². The van der Waals surface area contributed by atoms with Crippen molar-refractivity contribution in [2.75, 3.05) is 23.3 Å². The Kier molecular flexibility index (Phi) is 4.97. The number of imidazole rings is 1. The van der Waals surface area contributed by atoms with Gasteiger partial charge in [-0.2, -0.15) is 0 Å². The van der Waals surface area contributed by atoms with E-state index in [9.17, 15) is 9.18 Å². The third-order valence-corrected chi connectivity index (χ3v) is 4.09. The van der Waals surface area contributed by atoms with Crippen LogP contribution in [0, 0.1) is 5.82 Å². The van der Waals surface area contributed by atoms with Crippen LogP contribution in [0.2, 0.25) is 0 Å². The fourth-order valence-corrected chi connectivity index (χ4v) is 2.82. The van der Waals surface area contributed by atoms with Gasteiger partial charge in [0.05, 0.1) is 12.1 Å². The Morgan fingerprint density at radius 3 is 2.52 bits per heavy atom. The van der Waals surface area contributed by atoms with Crippen molar-refractivity contribution in [3.63, 3.8) is 0 Å². The number of amides is 1. The molecule has 1 amide bonds. The van der Waals surface area contributed by atoms with Crippen LogP contribution < -0.4 is 10.2 Å². The minimum absolute atomic E-state index is 0.140. The summed E-state index contributed by atoms with van der Waals surface area (Å²) in [6.45, 7) is 6.10. The van der Waals surface area contributed by atoms with Gasteiger partial charge in [0.1, 0.15) is 11.5 Å². The first kappa shape index (κ1) is 17.0. The normalized spacial score (nSPS) is 10.8. The minimum atomic E-state index is -0.339. The number of carbonyl (C=O) groups excluding carboxylic acids is 1. The molecule has 0 atom stereocenters. The van der Waals surface area contributed by atoms with Gasteiger partial charge in [-0.15, -0.1) is 0 Å². The van der Waals surface area contributed by atoms with E-state index in [0.29, 0.717) is 11.3 Å². The number of carbonyl (C=O) groups is 1. The Bertz CT molecular complexity index is 869. The van der Waals surface area contributed by atoms with Crippen molar-refractivity contribution < 1.29 is 9.18 Å². The smallest absolute Gasteiger partial charge is 0.230 e. The number of pyridine rings is 1. The summed E-state index contributed by atoms with van der Waals surface area (Å²) < 4.78 is 14.8. The van der Waals surface area contributed by atoms with E-state index in [1.165, 1.54) is 12.3 Å². The van der Waals surface area contributed by atoms with E-state index in [0.717, 1.165) is 24.5 Å². The summed E-state index contributed by atoms with van der Waals surface area (Å²) in [7, 11) is 0. The zero-order valence-electron chi connectivity index (χ0n) is 14.4. The second kappa shape index (κ2) is 7.34. The lowest BCUT2D eigenvalue weighted by atomic mass is 10.2. The Morgan fingerprint density at radius 2 is 1.84 bits per heavy atom. The van der Waals surface area contributed by atoms with Gasteiger partial charge in [0.2, 0.25) is 5.91 Å². The summed E-state index contributed by atoms with van der Waals surface area (Å²) in [5.74, 6) is -0.492. The van der Waals surface area contributed by atoms with Crippen molar-refractivity contribution in [3.05, 3.63) is 60.3 Å². The van der Waals surface area contributed by atoms with Crippen LogP contribution in [0.15, 0.2) is 48.8 Å². The molecule has 0 fully saturated rings. The molecule has 2 aromatic heterocycles. The highest BCUT2D eigenvalue weighted by Gasteiger charge is 2.09. The highest BCUT2D eigenvalue weighted by molar-refractivity contribution is 5.92. The Morgan fingerprint density at radius 1 is 1.12 bits per heavy atom. The molecule has 1 aromatic carbocycles.